The molecule has 9 heteroatoms. The molecule has 0 saturated carbocycles. The molecule has 1 aliphatic heterocycles. The SMILES string of the molecule is COc1ccc2ncc(Cl)c([C@@H](F)CCC3(C(=O)O)CCN(CCCSc4ccccn4)CC3)c2c1. The van der Waals surface area contributed by atoms with E-state index < -0.39 is 17.6 Å². The molecule has 0 amide bonds. The Balaban J connectivity index is 1.34. The second-order valence-corrected chi connectivity index (χ2v) is 10.7. The standard InChI is InChI=1S/C27H31ClFN3O3S/c1-35-19-6-7-23-20(17-19)25(21(28)18-31-23)22(29)8-9-27(26(33)34)10-14-32(15-11-27)13-4-16-36-24-5-2-3-12-30-24/h2-3,5-7,12,17-18,22H,4,8-11,13-16H2,1H3,(H,33,34)/t22-/m0/s1. The van der Waals surface area contributed by atoms with Crippen LogP contribution in [0.3, 0.4) is 0 Å². The predicted molar refractivity (Wildman–Crippen MR) is 142 cm³/mol. The molecule has 4 rings (SSSR count). The number of aliphatic carboxylic acids is 1. The van der Waals surface area contributed by atoms with Gasteiger partial charge in [-0.05, 0) is 82.1 Å². The second kappa shape index (κ2) is 12.2. The van der Waals surface area contributed by atoms with E-state index in [0.29, 0.717) is 48.1 Å². The predicted octanol–water partition coefficient (Wildman–Crippen LogP) is 6.43. The fourth-order valence-corrected chi connectivity index (χ4v) is 5.90. The maximum absolute atomic E-state index is 15.6. The highest BCUT2D eigenvalue weighted by Gasteiger charge is 2.41. The van der Waals surface area contributed by atoms with Gasteiger partial charge in [-0.1, -0.05) is 17.7 Å². The topological polar surface area (TPSA) is 75.6 Å². The number of carboxylic acid groups (broad SMARTS) is 1. The van der Waals surface area contributed by atoms with Gasteiger partial charge in [0.15, 0.2) is 0 Å². The highest BCUT2D eigenvalue weighted by atomic mass is 35.5. The molecular formula is C27H31ClFN3O3S. The van der Waals surface area contributed by atoms with Crippen LogP contribution in [0.15, 0.2) is 53.8 Å². The maximum atomic E-state index is 15.6. The summed E-state index contributed by atoms with van der Waals surface area (Å²) in [6, 6.07) is 11.2. The highest BCUT2D eigenvalue weighted by Crippen LogP contribution is 2.42. The summed E-state index contributed by atoms with van der Waals surface area (Å²) in [6.07, 6.45) is 4.23. The molecule has 0 spiro atoms. The Hall–Kier alpha value is -2.42. The van der Waals surface area contributed by atoms with E-state index in [1.807, 2.05) is 18.2 Å². The molecule has 1 saturated heterocycles. The van der Waals surface area contributed by atoms with Gasteiger partial charge in [-0.25, -0.2) is 9.37 Å². The Morgan fingerprint density at radius 1 is 1.28 bits per heavy atom. The van der Waals surface area contributed by atoms with E-state index in [2.05, 4.69) is 14.9 Å². The van der Waals surface area contributed by atoms with Crippen LogP contribution in [0.4, 0.5) is 4.39 Å². The number of ether oxygens (including phenoxy) is 1. The monoisotopic (exact) mass is 531 g/mol. The van der Waals surface area contributed by atoms with Crippen LogP contribution in [-0.2, 0) is 4.79 Å². The number of nitrogens with zero attached hydrogens (tertiary/aromatic N) is 3. The van der Waals surface area contributed by atoms with Crippen LogP contribution in [0.1, 0.15) is 43.8 Å². The number of carboxylic acids is 1. The van der Waals surface area contributed by atoms with E-state index in [4.69, 9.17) is 16.3 Å². The van der Waals surface area contributed by atoms with Crippen molar-refractivity contribution in [2.24, 2.45) is 5.41 Å². The van der Waals surface area contributed by atoms with Crippen LogP contribution >= 0.6 is 23.4 Å². The number of benzene rings is 1. The molecule has 3 aromatic rings. The minimum Gasteiger partial charge on any atom is -0.497 e. The zero-order chi connectivity index (χ0) is 25.5. The molecule has 3 heterocycles. The Kier molecular flexibility index (Phi) is 9.04. The largest absolute Gasteiger partial charge is 0.497 e. The van der Waals surface area contributed by atoms with Crippen molar-refractivity contribution in [2.45, 2.75) is 43.3 Å². The molecule has 36 heavy (non-hydrogen) atoms. The van der Waals surface area contributed by atoms with Gasteiger partial charge < -0.3 is 14.7 Å². The first kappa shape index (κ1) is 26.6. The summed E-state index contributed by atoms with van der Waals surface area (Å²) in [5, 5.41) is 11.9. The molecule has 6 nitrogen and oxygen atoms in total. The van der Waals surface area contributed by atoms with E-state index in [0.717, 1.165) is 23.7 Å². The van der Waals surface area contributed by atoms with Crippen LogP contribution in [0.25, 0.3) is 10.9 Å². The number of hydrogen-bond donors (Lipinski definition) is 1. The van der Waals surface area contributed by atoms with Crippen LogP contribution in [0.2, 0.25) is 5.02 Å². The van der Waals surface area contributed by atoms with Crippen molar-refractivity contribution in [3.63, 3.8) is 0 Å². The lowest BCUT2D eigenvalue weighted by atomic mass is 9.74. The smallest absolute Gasteiger partial charge is 0.309 e. The summed E-state index contributed by atoms with van der Waals surface area (Å²) in [4.78, 5) is 23.2. The third-order valence-electron chi connectivity index (χ3n) is 7.03. The molecule has 1 N–H and O–H groups in total. The normalized spacial score (nSPS) is 16.6. The molecule has 1 aromatic carbocycles. The fourth-order valence-electron chi connectivity index (χ4n) is 4.83. The molecule has 0 unspecified atom stereocenters. The van der Waals surface area contributed by atoms with Gasteiger partial charge in [0.1, 0.15) is 11.9 Å². The van der Waals surface area contributed by atoms with Crippen molar-refractivity contribution in [2.75, 3.05) is 32.5 Å². The lowest BCUT2D eigenvalue weighted by molar-refractivity contribution is -0.153. The van der Waals surface area contributed by atoms with Crippen LogP contribution < -0.4 is 4.74 Å². The number of pyridine rings is 2. The van der Waals surface area contributed by atoms with E-state index in [-0.39, 0.29) is 17.9 Å². The summed E-state index contributed by atoms with van der Waals surface area (Å²) in [5.41, 5.74) is 0.0561. The number of hydrogen-bond acceptors (Lipinski definition) is 6. The number of piperidine rings is 1. The van der Waals surface area contributed by atoms with Crippen LogP contribution in [-0.4, -0.2) is 58.4 Å². The number of thioether (sulfide) groups is 1. The van der Waals surface area contributed by atoms with Gasteiger partial charge in [0.25, 0.3) is 0 Å². The average molecular weight is 532 g/mol. The number of fused-ring (bicyclic) bond motifs is 1. The lowest BCUT2D eigenvalue weighted by Crippen LogP contribution is -2.44. The number of halogens is 2. The number of methoxy groups -OCH3 is 1. The Bertz CT molecular complexity index is 1180. The molecule has 0 radical (unpaired) electrons. The number of aromatic nitrogens is 2. The van der Waals surface area contributed by atoms with Crippen molar-refractivity contribution >= 4 is 40.2 Å². The average Bonchev–Trinajstić information content (AvgIpc) is 2.90. The van der Waals surface area contributed by atoms with Crippen LogP contribution in [0, 0.1) is 5.41 Å². The minimum absolute atomic E-state index is 0.0864. The van der Waals surface area contributed by atoms with Gasteiger partial charge >= 0.3 is 5.97 Å². The Labute approximate surface area is 220 Å². The van der Waals surface area contributed by atoms with Crippen LogP contribution in [0.5, 0.6) is 5.75 Å². The van der Waals surface area contributed by atoms with Crippen molar-refractivity contribution in [3.8, 4) is 5.75 Å². The van der Waals surface area contributed by atoms with Gasteiger partial charge in [-0.3, -0.25) is 9.78 Å². The van der Waals surface area contributed by atoms with E-state index in [9.17, 15) is 9.90 Å². The van der Waals surface area contributed by atoms with Gasteiger partial charge in [-0.2, -0.15) is 0 Å². The minimum atomic E-state index is -1.40. The van der Waals surface area contributed by atoms with Crippen molar-refractivity contribution in [3.05, 3.63) is 59.4 Å². The van der Waals surface area contributed by atoms with Gasteiger partial charge in [0.2, 0.25) is 0 Å². The number of likely N-dealkylation sites (tertiary alicyclic amines) is 1. The first-order valence-electron chi connectivity index (χ1n) is 12.2. The van der Waals surface area contributed by atoms with Gasteiger partial charge in [0.05, 0.1) is 28.1 Å². The zero-order valence-electron chi connectivity index (χ0n) is 20.3. The van der Waals surface area contributed by atoms with Crippen molar-refractivity contribution in [1.82, 2.24) is 14.9 Å². The van der Waals surface area contributed by atoms with Gasteiger partial charge in [-0.15, -0.1) is 11.8 Å². The first-order valence-corrected chi connectivity index (χ1v) is 13.5. The zero-order valence-corrected chi connectivity index (χ0v) is 21.9. The summed E-state index contributed by atoms with van der Waals surface area (Å²) in [5.74, 6) is 0.715. The summed E-state index contributed by atoms with van der Waals surface area (Å²) in [6.45, 7) is 2.32. The third-order valence-corrected chi connectivity index (χ3v) is 8.36. The molecule has 192 valence electrons. The molecule has 2 aromatic heterocycles. The summed E-state index contributed by atoms with van der Waals surface area (Å²) >= 11 is 8.09. The molecule has 0 aliphatic carbocycles. The Morgan fingerprint density at radius 2 is 2.08 bits per heavy atom. The van der Waals surface area contributed by atoms with E-state index in [1.165, 1.54) is 6.20 Å². The number of alkyl halides is 1. The van der Waals surface area contributed by atoms with Crippen molar-refractivity contribution < 1.29 is 19.0 Å². The van der Waals surface area contributed by atoms with Gasteiger partial charge in [0, 0.05) is 29.1 Å². The second-order valence-electron chi connectivity index (χ2n) is 9.21. The maximum Gasteiger partial charge on any atom is 0.309 e. The third kappa shape index (κ3) is 6.28. The molecule has 1 fully saturated rings. The van der Waals surface area contributed by atoms with Crippen molar-refractivity contribution in [1.29, 1.82) is 0 Å². The van der Waals surface area contributed by atoms with E-state index in [1.54, 1.807) is 43.3 Å². The quantitative estimate of drug-likeness (QED) is 0.225. The van der Waals surface area contributed by atoms with E-state index >= 15 is 4.39 Å². The summed E-state index contributed by atoms with van der Waals surface area (Å²) < 4.78 is 20.9. The Morgan fingerprint density at radius 3 is 2.78 bits per heavy atom. The molecule has 1 aliphatic rings. The first-order chi connectivity index (χ1) is 17.4. The molecular weight excluding hydrogens is 501 g/mol. The fraction of sp³-hybridized carbons (Fsp3) is 0.444. The summed E-state index contributed by atoms with van der Waals surface area (Å²) in [7, 11) is 1.55. The molecule has 0 bridgehead atoms. The highest BCUT2D eigenvalue weighted by molar-refractivity contribution is 7.99. The number of rotatable bonds is 11. The molecule has 1 atom stereocenters. The lowest BCUT2D eigenvalue weighted by Gasteiger charge is -2.39. The number of carbonyl (C=O) groups is 1.